The van der Waals surface area contributed by atoms with E-state index in [0.29, 0.717) is 5.69 Å². The molecule has 1 amide bonds. The van der Waals surface area contributed by atoms with Crippen molar-refractivity contribution >= 4 is 23.2 Å². The Morgan fingerprint density at radius 2 is 2.12 bits per heavy atom. The molecule has 0 heterocycles. The van der Waals surface area contributed by atoms with Crippen LogP contribution in [0.3, 0.4) is 0 Å². The van der Waals surface area contributed by atoms with Crippen LogP contribution < -0.4 is 11.1 Å². The minimum atomic E-state index is -0.594. The van der Waals surface area contributed by atoms with Crippen molar-refractivity contribution in [1.82, 2.24) is 0 Å². The van der Waals surface area contributed by atoms with Crippen LogP contribution >= 0.6 is 11.6 Å². The van der Waals surface area contributed by atoms with Gasteiger partial charge in [0.2, 0.25) is 5.91 Å². The van der Waals surface area contributed by atoms with Gasteiger partial charge in [-0.15, -0.1) is 0 Å². The summed E-state index contributed by atoms with van der Waals surface area (Å²) in [6.45, 7) is 3.70. The first kappa shape index (κ1) is 12.9. The Labute approximate surface area is 98.8 Å². The van der Waals surface area contributed by atoms with Crippen molar-refractivity contribution < 1.29 is 9.18 Å². The molecule has 88 valence electrons. The van der Waals surface area contributed by atoms with E-state index in [1.807, 2.05) is 13.8 Å². The van der Waals surface area contributed by atoms with Crippen LogP contribution in [-0.2, 0) is 4.79 Å². The van der Waals surface area contributed by atoms with E-state index in [0.717, 1.165) is 0 Å². The fraction of sp³-hybridized carbons (Fsp3) is 0.364. The number of halogens is 2. The van der Waals surface area contributed by atoms with Gasteiger partial charge >= 0.3 is 0 Å². The molecule has 0 aliphatic heterocycles. The minimum absolute atomic E-state index is 0.0316. The molecular formula is C11H14ClFN2O. The van der Waals surface area contributed by atoms with Gasteiger partial charge in [0, 0.05) is 5.69 Å². The molecule has 1 aromatic carbocycles. The monoisotopic (exact) mass is 244 g/mol. The molecule has 0 saturated heterocycles. The van der Waals surface area contributed by atoms with E-state index in [2.05, 4.69) is 5.32 Å². The Bertz CT molecular complexity index is 396. The Hall–Kier alpha value is -1.13. The van der Waals surface area contributed by atoms with Gasteiger partial charge in [-0.2, -0.15) is 0 Å². The van der Waals surface area contributed by atoms with E-state index in [1.54, 1.807) is 0 Å². The third-order valence-electron chi connectivity index (χ3n) is 2.21. The molecule has 0 aromatic heterocycles. The smallest absolute Gasteiger partial charge is 0.241 e. The van der Waals surface area contributed by atoms with Crippen molar-refractivity contribution in [2.45, 2.75) is 19.9 Å². The first-order valence-corrected chi connectivity index (χ1v) is 5.31. The predicted octanol–water partition coefficient (Wildman–Crippen LogP) is 2.40. The molecule has 0 bridgehead atoms. The van der Waals surface area contributed by atoms with Crippen molar-refractivity contribution in [1.29, 1.82) is 0 Å². The number of anilines is 1. The summed E-state index contributed by atoms with van der Waals surface area (Å²) in [6, 6.07) is 3.39. The molecule has 5 heteroatoms. The SMILES string of the molecule is CC(C)C(N)C(=O)Nc1ccc(F)c(Cl)c1. The molecule has 0 spiro atoms. The molecule has 16 heavy (non-hydrogen) atoms. The maximum absolute atomic E-state index is 12.9. The van der Waals surface area contributed by atoms with E-state index in [9.17, 15) is 9.18 Å². The number of carbonyl (C=O) groups excluding carboxylic acids is 1. The van der Waals surface area contributed by atoms with Gasteiger partial charge in [0.05, 0.1) is 11.1 Å². The van der Waals surface area contributed by atoms with Crippen molar-refractivity contribution in [2.75, 3.05) is 5.32 Å². The summed E-state index contributed by atoms with van der Waals surface area (Å²) in [6.07, 6.45) is 0. The number of rotatable bonds is 3. The van der Waals surface area contributed by atoms with Crippen LogP contribution in [0.25, 0.3) is 0 Å². The van der Waals surface area contributed by atoms with Crippen molar-refractivity contribution in [3.05, 3.63) is 29.0 Å². The number of nitrogens with one attached hydrogen (secondary N) is 1. The van der Waals surface area contributed by atoms with Crippen LogP contribution in [0.4, 0.5) is 10.1 Å². The Morgan fingerprint density at radius 1 is 1.50 bits per heavy atom. The first-order valence-electron chi connectivity index (χ1n) is 4.93. The molecule has 3 N–H and O–H groups in total. The molecule has 1 rings (SSSR count). The molecule has 1 atom stereocenters. The first-order chi connectivity index (χ1) is 7.41. The van der Waals surface area contributed by atoms with Gasteiger partial charge in [0.15, 0.2) is 0 Å². The standard InChI is InChI=1S/C11H14ClFN2O/c1-6(2)10(14)11(16)15-7-3-4-9(13)8(12)5-7/h3-6,10H,14H2,1-2H3,(H,15,16). The summed E-state index contributed by atoms with van der Waals surface area (Å²) in [5, 5.41) is 2.54. The lowest BCUT2D eigenvalue weighted by Gasteiger charge is -2.15. The summed E-state index contributed by atoms with van der Waals surface area (Å²) < 4.78 is 12.9. The minimum Gasteiger partial charge on any atom is -0.325 e. The Kier molecular flexibility index (Phi) is 4.26. The average Bonchev–Trinajstić information content (AvgIpc) is 2.22. The van der Waals surface area contributed by atoms with Crippen molar-refractivity contribution in [2.24, 2.45) is 11.7 Å². The van der Waals surface area contributed by atoms with Crippen LogP contribution in [0.1, 0.15) is 13.8 Å². The molecule has 3 nitrogen and oxygen atoms in total. The largest absolute Gasteiger partial charge is 0.325 e. The second kappa shape index (κ2) is 5.27. The number of carbonyl (C=O) groups is 1. The third-order valence-corrected chi connectivity index (χ3v) is 2.50. The normalized spacial score (nSPS) is 12.6. The highest BCUT2D eigenvalue weighted by molar-refractivity contribution is 6.31. The lowest BCUT2D eigenvalue weighted by Crippen LogP contribution is -2.39. The summed E-state index contributed by atoms with van der Waals surface area (Å²) in [5.41, 5.74) is 6.09. The fourth-order valence-corrected chi connectivity index (χ4v) is 1.28. The van der Waals surface area contributed by atoms with Crippen LogP contribution in [0.5, 0.6) is 0 Å². The zero-order chi connectivity index (χ0) is 12.3. The summed E-state index contributed by atoms with van der Waals surface area (Å²) >= 11 is 5.58. The van der Waals surface area contributed by atoms with E-state index in [4.69, 9.17) is 17.3 Å². The molecule has 0 aliphatic carbocycles. The quantitative estimate of drug-likeness (QED) is 0.858. The topological polar surface area (TPSA) is 55.1 Å². The highest BCUT2D eigenvalue weighted by Gasteiger charge is 2.17. The Morgan fingerprint density at radius 3 is 2.62 bits per heavy atom. The average molecular weight is 245 g/mol. The summed E-state index contributed by atoms with van der Waals surface area (Å²) in [7, 11) is 0. The lowest BCUT2D eigenvalue weighted by atomic mass is 10.1. The van der Waals surface area contributed by atoms with E-state index >= 15 is 0 Å². The maximum atomic E-state index is 12.9. The number of nitrogens with two attached hydrogens (primary N) is 1. The number of benzene rings is 1. The van der Waals surface area contributed by atoms with Crippen molar-refractivity contribution in [3.63, 3.8) is 0 Å². The molecule has 0 fully saturated rings. The van der Waals surface area contributed by atoms with Crippen LogP contribution in [0.15, 0.2) is 18.2 Å². The van der Waals surface area contributed by atoms with E-state index in [-0.39, 0.29) is 16.8 Å². The second-order valence-corrected chi connectivity index (χ2v) is 4.30. The maximum Gasteiger partial charge on any atom is 0.241 e. The Balaban J connectivity index is 2.74. The molecule has 0 saturated carbocycles. The van der Waals surface area contributed by atoms with Gasteiger partial charge < -0.3 is 11.1 Å². The zero-order valence-electron chi connectivity index (χ0n) is 9.13. The number of hydrogen-bond donors (Lipinski definition) is 2. The third kappa shape index (κ3) is 3.18. The molecule has 0 aliphatic rings. The highest BCUT2D eigenvalue weighted by atomic mass is 35.5. The van der Waals surface area contributed by atoms with Crippen LogP contribution in [0, 0.1) is 11.7 Å². The van der Waals surface area contributed by atoms with Gasteiger partial charge in [-0.05, 0) is 24.1 Å². The second-order valence-electron chi connectivity index (χ2n) is 3.89. The number of amides is 1. The molecular weight excluding hydrogens is 231 g/mol. The van der Waals surface area contributed by atoms with E-state index < -0.39 is 11.9 Å². The summed E-state index contributed by atoms with van der Waals surface area (Å²) in [5.74, 6) is -0.790. The molecule has 0 radical (unpaired) electrons. The lowest BCUT2D eigenvalue weighted by molar-refractivity contribution is -0.118. The van der Waals surface area contributed by atoms with Gasteiger partial charge in [-0.1, -0.05) is 25.4 Å². The highest BCUT2D eigenvalue weighted by Crippen LogP contribution is 2.19. The van der Waals surface area contributed by atoms with Gasteiger partial charge in [-0.25, -0.2) is 4.39 Å². The zero-order valence-corrected chi connectivity index (χ0v) is 9.88. The van der Waals surface area contributed by atoms with Crippen LogP contribution in [-0.4, -0.2) is 11.9 Å². The fourth-order valence-electron chi connectivity index (χ4n) is 1.10. The van der Waals surface area contributed by atoms with Gasteiger partial charge in [-0.3, -0.25) is 4.79 Å². The van der Waals surface area contributed by atoms with Gasteiger partial charge in [0.25, 0.3) is 0 Å². The van der Waals surface area contributed by atoms with Crippen molar-refractivity contribution in [3.8, 4) is 0 Å². The predicted molar refractivity (Wildman–Crippen MR) is 62.9 cm³/mol. The molecule has 1 unspecified atom stereocenters. The van der Waals surface area contributed by atoms with Crippen LogP contribution in [0.2, 0.25) is 5.02 Å². The molecule has 1 aromatic rings. The van der Waals surface area contributed by atoms with Gasteiger partial charge in [0.1, 0.15) is 5.82 Å². The summed E-state index contributed by atoms with van der Waals surface area (Å²) in [4.78, 5) is 11.6. The number of hydrogen-bond acceptors (Lipinski definition) is 2. The van der Waals surface area contributed by atoms with E-state index in [1.165, 1.54) is 18.2 Å².